The number of anilines is 2. The maximum atomic E-state index is 13.2. The lowest BCUT2D eigenvalue weighted by Gasteiger charge is -2.31. The molecule has 1 aliphatic heterocycles. The summed E-state index contributed by atoms with van der Waals surface area (Å²) in [4.78, 5) is 23.0. The van der Waals surface area contributed by atoms with Gasteiger partial charge >= 0.3 is 6.18 Å². The van der Waals surface area contributed by atoms with E-state index in [1.54, 1.807) is 24.5 Å². The van der Waals surface area contributed by atoms with Crippen LogP contribution in [0, 0.1) is 0 Å². The van der Waals surface area contributed by atoms with Crippen molar-refractivity contribution >= 4 is 28.2 Å². The minimum absolute atomic E-state index is 0.114. The number of hydrogen-bond donors (Lipinski definition) is 2. The molecule has 3 aromatic rings. The highest BCUT2D eigenvalue weighted by Gasteiger charge is 2.32. The van der Waals surface area contributed by atoms with E-state index in [1.165, 1.54) is 12.1 Å². The molecular formula is C20H18F3N5O. The highest BCUT2D eigenvalue weighted by Crippen LogP contribution is 2.35. The lowest BCUT2D eigenvalue weighted by atomic mass is 10.1. The molecule has 29 heavy (non-hydrogen) atoms. The molecule has 0 atom stereocenters. The fourth-order valence-corrected chi connectivity index (χ4v) is 3.27. The smallest absolute Gasteiger partial charge is 0.367 e. The Morgan fingerprint density at radius 3 is 2.66 bits per heavy atom. The highest BCUT2D eigenvalue weighted by atomic mass is 19.4. The van der Waals surface area contributed by atoms with Crippen molar-refractivity contribution in [2.24, 2.45) is 0 Å². The second kappa shape index (κ2) is 7.67. The third kappa shape index (κ3) is 4.14. The number of aromatic nitrogens is 2. The molecule has 9 heteroatoms. The van der Waals surface area contributed by atoms with Gasteiger partial charge in [-0.3, -0.25) is 9.78 Å². The van der Waals surface area contributed by atoms with Crippen LogP contribution < -0.4 is 15.5 Å². The number of nitrogens with zero attached hydrogens (tertiary/aromatic N) is 3. The number of carbonyl (C=O) groups excluding carboxylic acids is 1. The largest absolute Gasteiger partial charge is 0.416 e. The zero-order chi connectivity index (χ0) is 20.4. The van der Waals surface area contributed by atoms with Gasteiger partial charge in [-0.25, -0.2) is 4.98 Å². The lowest BCUT2D eigenvalue weighted by Crippen LogP contribution is -2.43. The van der Waals surface area contributed by atoms with Crippen molar-refractivity contribution in [1.82, 2.24) is 15.3 Å². The van der Waals surface area contributed by atoms with Crippen LogP contribution in [0.25, 0.3) is 10.9 Å². The molecule has 1 fully saturated rings. The number of fused-ring (bicyclic) bond motifs is 1. The molecule has 3 heterocycles. The van der Waals surface area contributed by atoms with E-state index in [4.69, 9.17) is 0 Å². The number of nitrogens with one attached hydrogen (secondary N) is 2. The molecule has 0 spiro atoms. The number of pyridine rings is 2. The first-order valence-corrected chi connectivity index (χ1v) is 9.11. The highest BCUT2D eigenvalue weighted by molar-refractivity contribution is 6.05. The molecule has 1 amide bonds. The number of amides is 1. The van der Waals surface area contributed by atoms with Crippen molar-refractivity contribution < 1.29 is 18.0 Å². The second-order valence-electron chi connectivity index (χ2n) is 6.69. The van der Waals surface area contributed by atoms with E-state index in [2.05, 4.69) is 20.6 Å². The van der Waals surface area contributed by atoms with E-state index in [-0.39, 0.29) is 11.4 Å². The van der Waals surface area contributed by atoms with E-state index in [1.807, 2.05) is 4.90 Å². The molecule has 1 saturated heterocycles. The van der Waals surface area contributed by atoms with E-state index in [9.17, 15) is 18.0 Å². The van der Waals surface area contributed by atoms with E-state index in [0.717, 1.165) is 17.5 Å². The Hall–Kier alpha value is -3.20. The molecule has 0 radical (unpaired) electrons. The first-order chi connectivity index (χ1) is 13.9. The topological polar surface area (TPSA) is 70.2 Å². The van der Waals surface area contributed by atoms with Crippen LogP contribution in [-0.4, -0.2) is 42.1 Å². The Kier molecular flexibility index (Phi) is 5.06. The van der Waals surface area contributed by atoms with Crippen molar-refractivity contribution in [3.05, 3.63) is 60.0 Å². The first-order valence-electron chi connectivity index (χ1n) is 9.11. The average molecular weight is 401 g/mol. The Morgan fingerprint density at radius 2 is 1.90 bits per heavy atom. The number of rotatable bonds is 3. The number of carbonyl (C=O) groups is 1. The van der Waals surface area contributed by atoms with Crippen molar-refractivity contribution in [3.63, 3.8) is 0 Å². The van der Waals surface area contributed by atoms with Gasteiger partial charge in [-0.15, -0.1) is 0 Å². The van der Waals surface area contributed by atoms with Gasteiger partial charge in [-0.2, -0.15) is 13.2 Å². The van der Waals surface area contributed by atoms with Gasteiger partial charge in [0.25, 0.3) is 5.91 Å². The Balaban J connectivity index is 1.68. The van der Waals surface area contributed by atoms with E-state index >= 15 is 0 Å². The number of piperazine rings is 1. The van der Waals surface area contributed by atoms with Crippen molar-refractivity contribution in [2.45, 2.75) is 6.18 Å². The lowest BCUT2D eigenvalue weighted by molar-refractivity contribution is -0.137. The molecule has 1 aromatic carbocycles. The van der Waals surface area contributed by atoms with Gasteiger partial charge in [0.1, 0.15) is 5.69 Å². The number of halogens is 3. The van der Waals surface area contributed by atoms with Gasteiger partial charge in [0.05, 0.1) is 22.5 Å². The van der Waals surface area contributed by atoms with Crippen molar-refractivity contribution in [2.75, 3.05) is 36.4 Å². The normalized spacial score (nSPS) is 14.8. The summed E-state index contributed by atoms with van der Waals surface area (Å²) in [6, 6.07) is 8.31. The average Bonchev–Trinajstić information content (AvgIpc) is 2.73. The van der Waals surface area contributed by atoms with Crippen LogP contribution >= 0.6 is 0 Å². The minimum atomic E-state index is -4.50. The quantitative estimate of drug-likeness (QED) is 0.705. The van der Waals surface area contributed by atoms with Gasteiger partial charge in [0.2, 0.25) is 0 Å². The first kappa shape index (κ1) is 19.1. The monoisotopic (exact) mass is 401 g/mol. The number of alkyl halides is 3. The summed E-state index contributed by atoms with van der Waals surface area (Å²) in [5.74, 6) is -0.570. The maximum Gasteiger partial charge on any atom is 0.416 e. The van der Waals surface area contributed by atoms with Gasteiger partial charge < -0.3 is 15.5 Å². The molecule has 0 aliphatic carbocycles. The Bertz CT molecular complexity index is 1050. The summed E-state index contributed by atoms with van der Waals surface area (Å²) >= 11 is 0. The summed E-state index contributed by atoms with van der Waals surface area (Å²) in [6.45, 7) is 2.70. The summed E-state index contributed by atoms with van der Waals surface area (Å²) in [6.07, 6.45) is -1.32. The molecule has 6 nitrogen and oxygen atoms in total. The van der Waals surface area contributed by atoms with E-state index < -0.39 is 17.6 Å². The summed E-state index contributed by atoms with van der Waals surface area (Å²) in [7, 11) is 0. The van der Waals surface area contributed by atoms with Gasteiger partial charge in [-0.05, 0) is 36.4 Å². The third-order valence-corrected chi connectivity index (χ3v) is 4.75. The zero-order valence-electron chi connectivity index (χ0n) is 15.3. The van der Waals surface area contributed by atoms with Gasteiger partial charge in [0, 0.05) is 44.0 Å². The standard InChI is InChI=1S/C20H18F3N5O/c21-20(22,23)14-2-4-18(28-9-7-24-8-10-28)17(11-14)27-19(29)16-3-1-13-12-25-6-5-15(13)26-16/h1-6,11-12,24H,7-10H2,(H,27,29). The van der Waals surface area contributed by atoms with Crippen LogP contribution in [0.4, 0.5) is 24.5 Å². The van der Waals surface area contributed by atoms with Crippen LogP contribution in [0.1, 0.15) is 16.1 Å². The molecule has 2 N–H and O–H groups in total. The van der Waals surface area contributed by atoms with Crippen molar-refractivity contribution in [1.29, 1.82) is 0 Å². The third-order valence-electron chi connectivity index (χ3n) is 4.75. The van der Waals surface area contributed by atoms with Crippen molar-refractivity contribution in [3.8, 4) is 0 Å². The molecule has 2 aromatic heterocycles. The summed E-state index contributed by atoms with van der Waals surface area (Å²) in [5.41, 5.74) is 0.553. The number of hydrogen-bond acceptors (Lipinski definition) is 5. The molecule has 0 saturated carbocycles. The molecular weight excluding hydrogens is 383 g/mol. The fourth-order valence-electron chi connectivity index (χ4n) is 3.27. The van der Waals surface area contributed by atoms with E-state index in [0.29, 0.717) is 37.4 Å². The molecule has 4 rings (SSSR count). The van der Waals surface area contributed by atoms with Gasteiger partial charge in [-0.1, -0.05) is 0 Å². The molecule has 0 bridgehead atoms. The summed E-state index contributed by atoms with van der Waals surface area (Å²) < 4.78 is 39.7. The number of benzene rings is 1. The Morgan fingerprint density at radius 1 is 1.10 bits per heavy atom. The minimum Gasteiger partial charge on any atom is -0.367 e. The van der Waals surface area contributed by atoms with Gasteiger partial charge in [0.15, 0.2) is 0 Å². The fraction of sp³-hybridized carbons (Fsp3) is 0.250. The SMILES string of the molecule is O=C(Nc1cc(C(F)(F)F)ccc1N1CCNCC1)c1ccc2cnccc2n1. The summed E-state index contributed by atoms with van der Waals surface area (Å²) in [5, 5.41) is 6.59. The van der Waals surface area contributed by atoms with Crippen LogP contribution in [0.5, 0.6) is 0 Å². The predicted octanol–water partition coefficient (Wildman–Crippen LogP) is 3.31. The molecule has 150 valence electrons. The van der Waals surface area contributed by atoms with Crippen LogP contribution in [0.3, 0.4) is 0 Å². The van der Waals surface area contributed by atoms with Crippen LogP contribution in [0.2, 0.25) is 0 Å². The zero-order valence-corrected chi connectivity index (χ0v) is 15.3. The van der Waals surface area contributed by atoms with Crippen LogP contribution in [0.15, 0.2) is 48.8 Å². The second-order valence-corrected chi connectivity index (χ2v) is 6.69. The Labute approximate surface area is 164 Å². The molecule has 1 aliphatic rings. The van der Waals surface area contributed by atoms with Crippen LogP contribution in [-0.2, 0) is 6.18 Å². The predicted molar refractivity (Wildman–Crippen MR) is 104 cm³/mol. The maximum absolute atomic E-state index is 13.2. The molecule has 0 unspecified atom stereocenters.